The summed E-state index contributed by atoms with van der Waals surface area (Å²) in [7, 11) is 1.87. The molecule has 5 rings (SSSR count). The summed E-state index contributed by atoms with van der Waals surface area (Å²) in [5.74, 6) is -0.797. The molecule has 8 nitrogen and oxygen atoms in total. The fourth-order valence-electron chi connectivity index (χ4n) is 3.59. The second-order valence-electron chi connectivity index (χ2n) is 7.46. The topological polar surface area (TPSA) is 79.2 Å². The molecule has 28 heavy (non-hydrogen) atoms. The number of aryl methyl sites for hydroxylation is 1. The molecule has 2 atom stereocenters. The third-order valence-electron chi connectivity index (χ3n) is 5.21. The number of nitrogens with zero attached hydrogens (tertiary/aromatic N) is 6. The lowest BCUT2D eigenvalue weighted by atomic mass is 10.2. The van der Waals surface area contributed by atoms with Crippen LogP contribution in [0.4, 0.5) is 26.2 Å². The van der Waals surface area contributed by atoms with Gasteiger partial charge in [0, 0.05) is 58.9 Å². The zero-order valence-corrected chi connectivity index (χ0v) is 15.6. The molecular formula is C18H25F2N7O. The number of amides is 1. The first-order valence-corrected chi connectivity index (χ1v) is 9.38. The van der Waals surface area contributed by atoms with E-state index in [4.69, 9.17) is 0 Å². The van der Waals surface area contributed by atoms with Gasteiger partial charge in [0.2, 0.25) is 18.3 Å². The summed E-state index contributed by atoms with van der Waals surface area (Å²) in [6.45, 7) is 1.66. The van der Waals surface area contributed by atoms with Gasteiger partial charge in [-0.3, -0.25) is 9.48 Å². The van der Waals surface area contributed by atoms with Crippen molar-refractivity contribution in [3.8, 4) is 0 Å². The number of piperazine rings is 1. The lowest BCUT2D eigenvalue weighted by Gasteiger charge is -2.39. The van der Waals surface area contributed by atoms with E-state index in [-0.39, 0.29) is 14.3 Å². The summed E-state index contributed by atoms with van der Waals surface area (Å²) in [6.07, 6.45) is 8.75. The van der Waals surface area contributed by atoms with Crippen LogP contribution in [0.2, 0.25) is 0 Å². The third-order valence-corrected chi connectivity index (χ3v) is 5.21. The Balaban J connectivity index is 0.000000352. The monoisotopic (exact) mass is 393 g/mol. The van der Waals surface area contributed by atoms with Crippen LogP contribution in [0.3, 0.4) is 0 Å². The smallest absolute Gasteiger partial charge is 0.248 e. The van der Waals surface area contributed by atoms with Crippen LogP contribution in [-0.2, 0) is 11.8 Å². The van der Waals surface area contributed by atoms with Crippen molar-refractivity contribution in [3.05, 3.63) is 24.7 Å². The van der Waals surface area contributed by atoms with Gasteiger partial charge in [0.05, 0.1) is 11.9 Å². The predicted octanol–water partition coefficient (Wildman–Crippen LogP) is 2.42. The maximum Gasteiger partial charge on any atom is 0.248 e. The number of carbonyl (C=O) groups is 1. The van der Waals surface area contributed by atoms with E-state index in [2.05, 4.69) is 25.3 Å². The fourth-order valence-corrected chi connectivity index (χ4v) is 3.59. The molecule has 3 fully saturated rings. The van der Waals surface area contributed by atoms with E-state index in [0.29, 0.717) is 18.0 Å². The zero-order valence-electron chi connectivity index (χ0n) is 15.6. The van der Waals surface area contributed by atoms with Gasteiger partial charge in [-0.2, -0.15) is 10.1 Å². The number of halogens is 2. The molecular weight excluding hydrogens is 368 g/mol. The molecule has 0 aromatic carbocycles. The van der Waals surface area contributed by atoms with E-state index in [1.54, 1.807) is 17.1 Å². The van der Waals surface area contributed by atoms with Crippen LogP contribution in [0.5, 0.6) is 0 Å². The zero-order chi connectivity index (χ0) is 19.7. The van der Waals surface area contributed by atoms with Crippen molar-refractivity contribution in [2.24, 2.45) is 7.05 Å². The Morgan fingerprint density at radius 1 is 1.29 bits per heavy atom. The van der Waals surface area contributed by atoms with Crippen LogP contribution in [0.15, 0.2) is 24.7 Å². The van der Waals surface area contributed by atoms with Crippen LogP contribution in [-0.4, -0.2) is 62.2 Å². The van der Waals surface area contributed by atoms with E-state index >= 15 is 0 Å². The van der Waals surface area contributed by atoms with E-state index in [1.165, 1.54) is 0 Å². The number of carbonyl (C=O) groups excluding carboxylic acids is 1. The molecule has 3 aliphatic rings. The molecule has 2 aliphatic heterocycles. The Morgan fingerprint density at radius 2 is 1.96 bits per heavy atom. The molecule has 10 heteroatoms. The van der Waals surface area contributed by atoms with Gasteiger partial charge in [-0.05, 0) is 18.9 Å². The first-order valence-electron chi connectivity index (χ1n) is 9.38. The molecule has 2 saturated heterocycles. The van der Waals surface area contributed by atoms with Crippen molar-refractivity contribution >= 4 is 23.9 Å². The highest BCUT2D eigenvalue weighted by Gasteiger charge is 2.43. The second kappa shape index (κ2) is 7.33. The number of rotatable bonds is 4. The fraction of sp³-hybridized carbons (Fsp3) is 0.556. The SMILES string of the molecule is Cn1cc(Nc2nccc(N3CC4CCC(C3)N4C=O)n2)cn1.FC1(F)CC1.[HH]. The first kappa shape index (κ1) is 18.6. The number of hydrogen-bond acceptors (Lipinski definition) is 6. The summed E-state index contributed by atoms with van der Waals surface area (Å²) in [5, 5.41) is 7.28. The molecule has 1 amide bonds. The molecule has 1 N–H and O–H groups in total. The van der Waals surface area contributed by atoms with E-state index < -0.39 is 5.92 Å². The van der Waals surface area contributed by atoms with Gasteiger partial charge in [-0.25, -0.2) is 13.8 Å². The van der Waals surface area contributed by atoms with Crippen molar-refractivity contribution < 1.29 is 15.0 Å². The molecule has 2 unspecified atom stereocenters. The lowest BCUT2D eigenvalue weighted by Crippen LogP contribution is -2.53. The van der Waals surface area contributed by atoms with Crippen molar-refractivity contribution in [3.63, 3.8) is 0 Å². The molecule has 2 aromatic rings. The highest BCUT2D eigenvalue weighted by atomic mass is 19.3. The number of hydrogen-bond donors (Lipinski definition) is 1. The number of fused-ring (bicyclic) bond motifs is 2. The van der Waals surface area contributed by atoms with Crippen LogP contribution in [0.1, 0.15) is 27.1 Å². The quantitative estimate of drug-likeness (QED) is 0.804. The number of nitrogens with one attached hydrogen (secondary N) is 1. The Hall–Kier alpha value is -2.78. The normalized spacial score (nSPS) is 24.4. The largest absolute Gasteiger partial charge is 0.352 e. The minimum atomic E-state index is -2.25. The van der Waals surface area contributed by atoms with E-state index in [1.807, 2.05) is 24.2 Å². The maximum absolute atomic E-state index is 11.2. The first-order chi connectivity index (χ1) is 13.4. The van der Waals surface area contributed by atoms with Crippen LogP contribution >= 0.6 is 0 Å². The molecule has 2 bridgehead atoms. The van der Waals surface area contributed by atoms with Crippen molar-refractivity contribution in [2.45, 2.75) is 43.7 Å². The number of alkyl halides is 2. The summed E-state index contributed by atoms with van der Waals surface area (Å²) >= 11 is 0. The van der Waals surface area contributed by atoms with Gasteiger partial charge in [0.15, 0.2) is 0 Å². The minimum Gasteiger partial charge on any atom is -0.352 e. The maximum atomic E-state index is 11.2. The number of aromatic nitrogens is 4. The van der Waals surface area contributed by atoms with E-state index in [9.17, 15) is 13.6 Å². The minimum absolute atomic E-state index is 0. The van der Waals surface area contributed by atoms with Crippen LogP contribution in [0.25, 0.3) is 0 Å². The van der Waals surface area contributed by atoms with Crippen LogP contribution in [0, 0.1) is 0 Å². The standard InChI is InChI=1S/C15H19N7O.C3H4F2.H2/c1-20-7-11(6-17-20)18-15-16-5-4-14(19-15)21-8-12-2-3-13(9-21)22(12)10-23;4-3(5)1-2-3;/h4-7,10,12-13H,2-3,8-9H2,1H3,(H,16,18,19);1-2H2;1H. The molecule has 2 aromatic heterocycles. The molecule has 4 heterocycles. The van der Waals surface area contributed by atoms with Gasteiger partial charge < -0.3 is 15.1 Å². The predicted molar refractivity (Wildman–Crippen MR) is 102 cm³/mol. The molecule has 152 valence electrons. The average molecular weight is 393 g/mol. The Labute approximate surface area is 163 Å². The number of anilines is 3. The van der Waals surface area contributed by atoms with Crippen molar-refractivity contribution in [2.75, 3.05) is 23.3 Å². The Bertz CT molecular complexity index is 829. The Kier molecular flexibility index (Phi) is 4.86. The molecule has 1 saturated carbocycles. The van der Waals surface area contributed by atoms with Crippen LogP contribution < -0.4 is 10.2 Å². The highest BCUT2D eigenvalue weighted by molar-refractivity contribution is 5.55. The van der Waals surface area contributed by atoms with Gasteiger partial charge in [0.25, 0.3) is 0 Å². The lowest BCUT2D eigenvalue weighted by molar-refractivity contribution is -0.121. The van der Waals surface area contributed by atoms with Gasteiger partial charge in [-0.1, -0.05) is 0 Å². The summed E-state index contributed by atoms with van der Waals surface area (Å²) in [5.41, 5.74) is 0.857. The van der Waals surface area contributed by atoms with E-state index in [0.717, 1.165) is 43.8 Å². The van der Waals surface area contributed by atoms with Crippen molar-refractivity contribution in [1.82, 2.24) is 24.6 Å². The average Bonchev–Trinajstić information content (AvgIpc) is 3.12. The second-order valence-corrected chi connectivity index (χ2v) is 7.46. The van der Waals surface area contributed by atoms with Crippen molar-refractivity contribution in [1.29, 1.82) is 0 Å². The van der Waals surface area contributed by atoms with Gasteiger partial charge in [0.1, 0.15) is 5.82 Å². The molecule has 0 radical (unpaired) electrons. The summed E-state index contributed by atoms with van der Waals surface area (Å²) in [6, 6.07) is 2.52. The molecule has 1 aliphatic carbocycles. The summed E-state index contributed by atoms with van der Waals surface area (Å²) in [4.78, 5) is 24.3. The third kappa shape index (κ3) is 4.20. The highest BCUT2D eigenvalue weighted by Crippen LogP contribution is 2.40. The van der Waals surface area contributed by atoms with Gasteiger partial charge >= 0.3 is 0 Å². The van der Waals surface area contributed by atoms with Gasteiger partial charge in [-0.15, -0.1) is 0 Å². The summed E-state index contributed by atoms with van der Waals surface area (Å²) < 4.78 is 24.0. The Morgan fingerprint density at radius 3 is 2.50 bits per heavy atom. The molecule has 0 spiro atoms.